The molecule has 0 aliphatic carbocycles. The molecule has 2 aromatic carbocycles. The van der Waals surface area contributed by atoms with E-state index in [9.17, 15) is 5.11 Å². The van der Waals surface area contributed by atoms with Crippen LogP contribution in [-0.4, -0.2) is 17.2 Å². The van der Waals surface area contributed by atoms with E-state index in [2.05, 4.69) is 4.98 Å². The lowest BCUT2D eigenvalue weighted by molar-refractivity contribution is 0.222. The molecule has 3 rings (SSSR count). The van der Waals surface area contributed by atoms with Crippen molar-refractivity contribution in [2.45, 2.75) is 6.10 Å². The molecule has 0 aliphatic rings. The number of methoxy groups -OCH3 is 1. The topological polar surface area (TPSA) is 42.4 Å². The molecule has 1 aromatic heterocycles. The highest BCUT2D eigenvalue weighted by Gasteiger charge is 2.15. The van der Waals surface area contributed by atoms with Gasteiger partial charge in [-0.3, -0.25) is 4.98 Å². The Labute approximate surface area is 127 Å². The fourth-order valence-corrected chi connectivity index (χ4v) is 2.68. The Morgan fingerprint density at radius 3 is 2.81 bits per heavy atom. The normalized spacial score (nSPS) is 12.3. The molecule has 4 heteroatoms. The molecule has 21 heavy (non-hydrogen) atoms. The second kappa shape index (κ2) is 5.72. The Morgan fingerprint density at radius 2 is 2.05 bits per heavy atom. The van der Waals surface area contributed by atoms with Crippen molar-refractivity contribution < 1.29 is 9.84 Å². The standard InChI is InChI=1S/C17H14ClNO2/c1-21-16-6-5-11(9-15(16)18)17(20)14-4-2-3-12-10-19-8-7-13(12)14/h2-10,17,20H,1H3. The zero-order valence-corrected chi connectivity index (χ0v) is 12.2. The van der Waals surface area contributed by atoms with Crippen LogP contribution in [0.25, 0.3) is 10.8 Å². The van der Waals surface area contributed by atoms with Crippen LogP contribution in [0.15, 0.2) is 54.9 Å². The second-order valence-corrected chi connectivity index (χ2v) is 5.15. The first-order valence-electron chi connectivity index (χ1n) is 6.55. The van der Waals surface area contributed by atoms with Gasteiger partial charge in [0.1, 0.15) is 11.9 Å². The molecule has 0 radical (unpaired) electrons. The number of fused-ring (bicyclic) bond motifs is 1. The summed E-state index contributed by atoms with van der Waals surface area (Å²) in [5, 5.41) is 13.1. The molecule has 0 aliphatic heterocycles. The van der Waals surface area contributed by atoms with Crippen LogP contribution in [0.2, 0.25) is 5.02 Å². The first kappa shape index (κ1) is 13.9. The molecule has 1 atom stereocenters. The largest absolute Gasteiger partial charge is 0.495 e. The van der Waals surface area contributed by atoms with Crippen LogP contribution in [0, 0.1) is 0 Å². The van der Waals surface area contributed by atoms with Gasteiger partial charge in [-0.05, 0) is 34.7 Å². The van der Waals surface area contributed by atoms with Gasteiger partial charge in [-0.2, -0.15) is 0 Å². The van der Waals surface area contributed by atoms with Gasteiger partial charge in [-0.25, -0.2) is 0 Å². The number of hydrogen-bond donors (Lipinski definition) is 1. The fourth-order valence-electron chi connectivity index (χ4n) is 2.42. The Kier molecular flexibility index (Phi) is 3.78. The Morgan fingerprint density at radius 1 is 1.19 bits per heavy atom. The summed E-state index contributed by atoms with van der Waals surface area (Å²) in [6.45, 7) is 0. The summed E-state index contributed by atoms with van der Waals surface area (Å²) in [4.78, 5) is 4.10. The molecule has 3 nitrogen and oxygen atoms in total. The van der Waals surface area contributed by atoms with Crippen molar-refractivity contribution in [3.63, 3.8) is 0 Å². The number of aliphatic hydroxyl groups excluding tert-OH is 1. The highest BCUT2D eigenvalue weighted by molar-refractivity contribution is 6.32. The Hall–Kier alpha value is -2.10. The minimum absolute atomic E-state index is 0.482. The Bertz CT molecular complexity index is 783. The summed E-state index contributed by atoms with van der Waals surface area (Å²) < 4.78 is 5.13. The molecule has 1 unspecified atom stereocenters. The van der Waals surface area contributed by atoms with Crippen molar-refractivity contribution >= 4 is 22.4 Å². The van der Waals surface area contributed by atoms with Crippen molar-refractivity contribution in [3.05, 3.63) is 71.0 Å². The van der Waals surface area contributed by atoms with Crippen molar-refractivity contribution in [2.75, 3.05) is 7.11 Å². The number of nitrogens with zero attached hydrogens (tertiary/aromatic N) is 1. The van der Waals surface area contributed by atoms with E-state index >= 15 is 0 Å². The molecule has 1 heterocycles. The number of pyridine rings is 1. The third-order valence-corrected chi connectivity index (χ3v) is 3.80. The van der Waals surface area contributed by atoms with Crippen LogP contribution >= 0.6 is 11.6 Å². The quantitative estimate of drug-likeness (QED) is 0.795. The smallest absolute Gasteiger partial charge is 0.137 e. The first-order valence-corrected chi connectivity index (χ1v) is 6.92. The molecule has 0 spiro atoms. The molecular formula is C17H14ClNO2. The monoisotopic (exact) mass is 299 g/mol. The molecule has 0 saturated heterocycles. The van der Waals surface area contributed by atoms with Crippen LogP contribution in [0.5, 0.6) is 5.75 Å². The highest BCUT2D eigenvalue weighted by atomic mass is 35.5. The van der Waals surface area contributed by atoms with Gasteiger partial charge in [-0.15, -0.1) is 0 Å². The van der Waals surface area contributed by atoms with Crippen molar-refractivity contribution in [2.24, 2.45) is 0 Å². The lowest BCUT2D eigenvalue weighted by atomic mass is 9.97. The third kappa shape index (κ3) is 2.58. The maximum absolute atomic E-state index is 10.7. The van der Waals surface area contributed by atoms with Crippen LogP contribution in [0.4, 0.5) is 0 Å². The van der Waals surface area contributed by atoms with E-state index < -0.39 is 6.10 Å². The van der Waals surface area contributed by atoms with E-state index in [0.717, 1.165) is 21.9 Å². The van der Waals surface area contributed by atoms with Gasteiger partial charge in [0, 0.05) is 17.8 Å². The summed E-state index contributed by atoms with van der Waals surface area (Å²) in [5.74, 6) is 0.592. The lowest BCUT2D eigenvalue weighted by Crippen LogP contribution is -2.01. The number of rotatable bonds is 3. The number of aliphatic hydroxyl groups is 1. The minimum atomic E-state index is -0.750. The first-order chi connectivity index (χ1) is 10.2. The average molecular weight is 300 g/mol. The van der Waals surface area contributed by atoms with E-state index in [-0.39, 0.29) is 0 Å². The second-order valence-electron chi connectivity index (χ2n) is 4.74. The predicted molar refractivity (Wildman–Crippen MR) is 83.8 cm³/mol. The maximum atomic E-state index is 10.7. The lowest BCUT2D eigenvalue weighted by Gasteiger charge is -2.15. The SMILES string of the molecule is COc1ccc(C(O)c2cccc3cnccc23)cc1Cl. The van der Waals surface area contributed by atoms with E-state index in [1.165, 1.54) is 0 Å². The molecular weight excluding hydrogens is 286 g/mol. The zero-order valence-electron chi connectivity index (χ0n) is 11.5. The average Bonchev–Trinajstić information content (AvgIpc) is 2.53. The van der Waals surface area contributed by atoms with Gasteiger partial charge < -0.3 is 9.84 Å². The van der Waals surface area contributed by atoms with E-state index in [1.807, 2.05) is 30.3 Å². The highest BCUT2D eigenvalue weighted by Crippen LogP contribution is 2.32. The number of aromatic nitrogens is 1. The molecule has 0 bridgehead atoms. The predicted octanol–water partition coefficient (Wildman–Crippen LogP) is 3.98. The molecule has 106 valence electrons. The Balaban J connectivity index is 2.08. The van der Waals surface area contributed by atoms with Crippen LogP contribution in [0.3, 0.4) is 0 Å². The fraction of sp³-hybridized carbons (Fsp3) is 0.118. The van der Waals surface area contributed by atoms with Gasteiger partial charge in [0.15, 0.2) is 0 Å². The van der Waals surface area contributed by atoms with E-state index in [0.29, 0.717) is 10.8 Å². The summed E-state index contributed by atoms with van der Waals surface area (Å²) >= 11 is 6.13. The summed E-state index contributed by atoms with van der Waals surface area (Å²) in [7, 11) is 1.56. The van der Waals surface area contributed by atoms with Gasteiger partial charge in [0.2, 0.25) is 0 Å². The summed E-state index contributed by atoms with van der Waals surface area (Å²) in [6.07, 6.45) is 2.76. The van der Waals surface area contributed by atoms with Crippen molar-refractivity contribution in [3.8, 4) is 5.75 Å². The minimum Gasteiger partial charge on any atom is -0.495 e. The third-order valence-electron chi connectivity index (χ3n) is 3.50. The summed E-state index contributed by atoms with van der Waals surface area (Å²) in [5.41, 5.74) is 1.56. The van der Waals surface area contributed by atoms with E-state index in [4.69, 9.17) is 16.3 Å². The van der Waals surface area contributed by atoms with Crippen molar-refractivity contribution in [1.29, 1.82) is 0 Å². The molecule has 0 amide bonds. The number of halogens is 1. The van der Waals surface area contributed by atoms with Crippen molar-refractivity contribution in [1.82, 2.24) is 4.98 Å². The molecule has 0 fully saturated rings. The van der Waals surface area contributed by atoms with E-state index in [1.54, 1.807) is 31.6 Å². The van der Waals surface area contributed by atoms with Crippen LogP contribution in [0.1, 0.15) is 17.2 Å². The zero-order chi connectivity index (χ0) is 14.8. The number of benzene rings is 2. The molecule has 1 N–H and O–H groups in total. The van der Waals surface area contributed by atoms with Crippen LogP contribution < -0.4 is 4.74 Å². The van der Waals surface area contributed by atoms with Gasteiger partial charge in [0.05, 0.1) is 12.1 Å². The van der Waals surface area contributed by atoms with Crippen LogP contribution in [-0.2, 0) is 0 Å². The molecule has 0 saturated carbocycles. The maximum Gasteiger partial charge on any atom is 0.137 e. The number of hydrogen-bond acceptors (Lipinski definition) is 3. The van der Waals surface area contributed by atoms with Gasteiger partial charge >= 0.3 is 0 Å². The van der Waals surface area contributed by atoms with Gasteiger partial charge in [0.25, 0.3) is 0 Å². The number of ether oxygens (including phenoxy) is 1. The molecule has 3 aromatic rings. The summed E-state index contributed by atoms with van der Waals surface area (Å²) in [6, 6.07) is 13.0. The van der Waals surface area contributed by atoms with Gasteiger partial charge in [-0.1, -0.05) is 35.9 Å².